The Morgan fingerprint density at radius 3 is 2.49 bits per heavy atom. The molecule has 35 heavy (non-hydrogen) atoms. The Labute approximate surface area is 213 Å². The topological polar surface area (TPSA) is 75.7 Å². The fourth-order valence-electron chi connectivity index (χ4n) is 4.16. The summed E-state index contributed by atoms with van der Waals surface area (Å²) in [5, 5.41) is 1.13. The van der Waals surface area contributed by atoms with Crippen molar-refractivity contribution in [3.05, 3.63) is 62.9 Å². The van der Waals surface area contributed by atoms with Crippen LogP contribution in [0.4, 0.5) is 8.78 Å². The van der Waals surface area contributed by atoms with Crippen molar-refractivity contribution >= 4 is 39.1 Å². The highest BCUT2D eigenvalue weighted by Crippen LogP contribution is 2.45. The number of likely N-dealkylation sites (tertiary alicyclic amines) is 1. The molecule has 1 aliphatic heterocycles. The fraction of sp³-hybridized carbons (Fsp3) is 0.458. The number of hydrogen-bond acceptors (Lipinski definition) is 5. The number of nitrogens with one attached hydrogen (secondary N) is 1. The Balaban J connectivity index is 1.40. The van der Waals surface area contributed by atoms with Gasteiger partial charge in [-0.2, -0.15) is 0 Å². The van der Waals surface area contributed by atoms with Crippen LogP contribution in [0.15, 0.2) is 30.3 Å². The van der Waals surface area contributed by atoms with Crippen LogP contribution in [-0.2, 0) is 16.6 Å². The third-order valence-corrected chi connectivity index (χ3v) is 7.43. The molecule has 0 radical (unpaired) electrons. The van der Waals surface area contributed by atoms with Gasteiger partial charge in [0.1, 0.15) is 23.8 Å². The molecular weight excluding hydrogens is 521 g/mol. The molecule has 0 atom stereocenters. The van der Waals surface area contributed by atoms with E-state index in [0.717, 1.165) is 30.7 Å². The summed E-state index contributed by atoms with van der Waals surface area (Å²) in [7, 11) is -3.84. The van der Waals surface area contributed by atoms with Gasteiger partial charge in [0.2, 0.25) is 10.0 Å². The summed E-state index contributed by atoms with van der Waals surface area (Å²) < 4.78 is 60.4. The summed E-state index contributed by atoms with van der Waals surface area (Å²) in [6, 6.07) is 7.67. The van der Waals surface area contributed by atoms with Crippen molar-refractivity contribution in [1.82, 2.24) is 9.62 Å². The van der Waals surface area contributed by atoms with Gasteiger partial charge in [-0.15, -0.1) is 0 Å². The van der Waals surface area contributed by atoms with Crippen LogP contribution in [0.5, 0.6) is 5.75 Å². The number of halogens is 4. The van der Waals surface area contributed by atoms with Crippen molar-refractivity contribution in [2.24, 2.45) is 0 Å². The second-order valence-corrected chi connectivity index (χ2v) is 11.9. The molecule has 1 amide bonds. The minimum absolute atomic E-state index is 0.0666. The van der Waals surface area contributed by atoms with Crippen LogP contribution in [0, 0.1) is 5.82 Å². The van der Waals surface area contributed by atoms with E-state index in [0.29, 0.717) is 35.2 Å². The lowest BCUT2D eigenvalue weighted by Crippen LogP contribution is -2.44. The Kier molecular flexibility index (Phi) is 7.62. The minimum atomic E-state index is -3.84. The first kappa shape index (κ1) is 26.1. The Hall–Kier alpha value is -1.94. The molecule has 1 aliphatic carbocycles. The van der Waals surface area contributed by atoms with Gasteiger partial charge in [-0.3, -0.25) is 9.69 Å². The number of sulfonamides is 1. The summed E-state index contributed by atoms with van der Waals surface area (Å²) in [5.41, 5.74) is -0.454. The van der Waals surface area contributed by atoms with Crippen molar-refractivity contribution in [3.63, 3.8) is 0 Å². The lowest BCUT2D eigenvalue weighted by atomic mass is 9.93. The lowest BCUT2D eigenvalue weighted by Gasteiger charge is -2.36. The summed E-state index contributed by atoms with van der Waals surface area (Å²) in [5.74, 6) is -1.72. The molecule has 190 valence electrons. The van der Waals surface area contributed by atoms with Crippen LogP contribution in [0.2, 0.25) is 10.0 Å². The third-order valence-electron chi connectivity index (χ3n) is 6.29. The number of carbonyl (C=O) groups is 1. The molecule has 4 rings (SSSR count). The average molecular weight is 547 g/mol. The van der Waals surface area contributed by atoms with Crippen LogP contribution in [0.3, 0.4) is 0 Å². The second-order valence-electron chi connectivity index (χ2n) is 9.30. The number of amides is 1. The van der Waals surface area contributed by atoms with Crippen LogP contribution >= 0.6 is 23.2 Å². The first-order chi connectivity index (χ1) is 16.4. The normalized spacial score (nSPS) is 18.3. The smallest absolute Gasteiger partial charge is 0.267 e. The highest BCUT2D eigenvalue weighted by Gasteiger charge is 2.37. The molecule has 1 saturated carbocycles. The molecule has 2 aromatic carbocycles. The zero-order valence-corrected chi connectivity index (χ0v) is 21.4. The average Bonchev–Trinajstić information content (AvgIpc) is 3.60. The number of benzene rings is 2. The molecule has 0 aromatic heterocycles. The number of alkyl halides is 1. The highest BCUT2D eigenvalue weighted by atomic mass is 35.5. The molecule has 0 unspecified atom stereocenters. The van der Waals surface area contributed by atoms with Gasteiger partial charge in [0.25, 0.3) is 5.91 Å². The van der Waals surface area contributed by atoms with Gasteiger partial charge in [0.05, 0.1) is 11.8 Å². The standard InChI is InChI=1S/C24H26Cl2F2N2O4S/c1-35(32,33)29-23(31)19-11-18(15-2-3-15)22(12-21(19)27)34-14-24(28)6-8-30(9-7-24)13-16-4-5-17(25)10-20(16)26/h4-5,10-12,15H,2-3,6-9,13-14H2,1H3,(H,29,31). The van der Waals surface area contributed by atoms with Crippen LogP contribution in [-0.4, -0.2) is 50.8 Å². The number of rotatable bonds is 8. The SMILES string of the molecule is CS(=O)(=O)NC(=O)c1cc(C2CC2)c(OCC2(F)CCN(Cc3ccc(Cl)cc3Cl)CC2)cc1F. The molecule has 1 N–H and O–H groups in total. The van der Waals surface area contributed by atoms with Crippen LogP contribution < -0.4 is 9.46 Å². The molecule has 6 nitrogen and oxygen atoms in total. The van der Waals surface area contributed by atoms with E-state index in [1.165, 1.54) is 6.07 Å². The van der Waals surface area contributed by atoms with E-state index in [-0.39, 0.29) is 36.7 Å². The van der Waals surface area contributed by atoms with Gasteiger partial charge in [0.15, 0.2) is 0 Å². The van der Waals surface area contributed by atoms with Gasteiger partial charge >= 0.3 is 0 Å². The zero-order valence-electron chi connectivity index (χ0n) is 19.1. The summed E-state index contributed by atoms with van der Waals surface area (Å²) in [6.45, 7) is 1.36. The Morgan fingerprint density at radius 2 is 1.89 bits per heavy atom. The van der Waals surface area contributed by atoms with Gasteiger partial charge < -0.3 is 4.74 Å². The number of ether oxygens (including phenoxy) is 1. The maximum absolute atomic E-state index is 15.5. The number of piperidine rings is 1. The fourth-order valence-corrected chi connectivity index (χ4v) is 5.08. The molecule has 1 saturated heterocycles. The molecule has 2 aliphatic rings. The molecule has 2 fully saturated rings. The molecule has 2 aromatic rings. The van der Waals surface area contributed by atoms with E-state index in [9.17, 15) is 17.6 Å². The first-order valence-corrected chi connectivity index (χ1v) is 13.9. The van der Waals surface area contributed by atoms with Gasteiger partial charge in [0, 0.05) is 35.7 Å². The van der Waals surface area contributed by atoms with Crippen molar-refractivity contribution in [2.45, 2.75) is 43.8 Å². The van der Waals surface area contributed by atoms with Crippen LogP contribution in [0.25, 0.3) is 0 Å². The first-order valence-electron chi connectivity index (χ1n) is 11.3. The van der Waals surface area contributed by atoms with Crippen molar-refractivity contribution in [3.8, 4) is 5.75 Å². The molecule has 11 heteroatoms. The van der Waals surface area contributed by atoms with E-state index in [2.05, 4.69) is 4.90 Å². The maximum Gasteiger partial charge on any atom is 0.267 e. The van der Waals surface area contributed by atoms with E-state index in [4.69, 9.17) is 27.9 Å². The van der Waals surface area contributed by atoms with Crippen molar-refractivity contribution in [2.75, 3.05) is 26.0 Å². The monoisotopic (exact) mass is 546 g/mol. The van der Waals surface area contributed by atoms with Gasteiger partial charge in [-0.1, -0.05) is 29.3 Å². The molecular formula is C24H26Cl2F2N2O4S. The number of hydrogen-bond donors (Lipinski definition) is 1. The Bertz CT molecular complexity index is 1230. The third kappa shape index (κ3) is 6.84. The maximum atomic E-state index is 15.5. The predicted octanol–water partition coefficient (Wildman–Crippen LogP) is 5.08. The molecule has 0 spiro atoms. The van der Waals surface area contributed by atoms with E-state index in [1.807, 2.05) is 6.07 Å². The van der Waals surface area contributed by atoms with E-state index >= 15 is 4.39 Å². The summed E-state index contributed by atoms with van der Waals surface area (Å²) >= 11 is 12.2. The van der Waals surface area contributed by atoms with Crippen molar-refractivity contribution < 1.29 is 26.7 Å². The second kappa shape index (κ2) is 10.2. The number of carbonyl (C=O) groups excluding carboxylic acids is 1. The summed E-state index contributed by atoms with van der Waals surface area (Å²) in [4.78, 5) is 14.3. The zero-order chi connectivity index (χ0) is 25.4. The minimum Gasteiger partial charge on any atom is -0.490 e. The molecule has 1 heterocycles. The lowest BCUT2D eigenvalue weighted by molar-refractivity contribution is 0.0148. The van der Waals surface area contributed by atoms with Gasteiger partial charge in [-0.05, 0) is 60.9 Å². The predicted molar refractivity (Wildman–Crippen MR) is 131 cm³/mol. The van der Waals surface area contributed by atoms with E-state index in [1.54, 1.807) is 16.9 Å². The quantitative estimate of drug-likeness (QED) is 0.499. The van der Waals surface area contributed by atoms with Crippen LogP contribution in [0.1, 0.15) is 53.1 Å². The highest BCUT2D eigenvalue weighted by molar-refractivity contribution is 7.89. The van der Waals surface area contributed by atoms with Gasteiger partial charge in [-0.25, -0.2) is 21.9 Å². The van der Waals surface area contributed by atoms with Crippen molar-refractivity contribution in [1.29, 1.82) is 0 Å². The molecule has 0 bridgehead atoms. The summed E-state index contributed by atoms with van der Waals surface area (Å²) in [6.07, 6.45) is 2.97. The van der Waals surface area contributed by atoms with E-state index < -0.39 is 27.4 Å². The largest absolute Gasteiger partial charge is 0.490 e. The number of nitrogens with zero attached hydrogens (tertiary/aromatic N) is 1. The Morgan fingerprint density at radius 1 is 1.20 bits per heavy atom.